The Morgan fingerprint density at radius 1 is 1.05 bits per heavy atom. The van der Waals surface area contributed by atoms with Gasteiger partial charge in [0.25, 0.3) is 0 Å². The highest BCUT2D eigenvalue weighted by Crippen LogP contribution is 2.38. The Hall–Kier alpha value is -1.13. The van der Waals surface area contributed by atoms with Crippen LogP contribution < -0.4 is 4.74 Å². The van der Waals surface area contributed by atoms with Crippen LogP contribution in [0.5, 0.6) is 5.75 Å². The standard InChI is InChI=1S/C14H10BrClF2O/c1-19-13-5-3-8(17)6-11(13)14(16)10-4-2-9(18)7-12(10)15/h2-7,14H,1H3. The smallest absolute Gasteiger partial charge is 0.124 e. The highest BCUT2D eigenvalue weighted by molar-refractivity contribution is 9.10. The first kappa shape index (κ1) is 14.3. The zero-order chi connectivity index (χ0) is 14.0. The maximum absolute atomic E-state index is 13.3. The van der Waals surface area contributed by atoms with Crippen LogP contribution in [0.1, 0.15) is 16.5 Å². The van der Waals surface area contributed by atoms with Crippen molar-refractivity contribution in [2.75, 3.05) is 7.11 Å². The summed E-state index contributed by atoms with van der Waals surface area (Å²) in [4.78, 5) is 0. The van der Waals surface area contributed by atoms with E-state index in [1.165, 1.54) is 37.4 Å². The zero-order valence-corrected chi connectivity index (χ0v) is 12.3. The lowest BCUT2D eigenvalue weighted by atomic mass is 10.0. The van der Waals surface area contributed by atoms with Crippen LogP contribution >= 0.6 is 27.5 Å². The lowest BCUT2D eigenvalue weighted by Gasteiger charge is -2.16. The second kappa shape index (κ2) is 5.88. The van der Waals surface area contributed by atoms with Crippen molar-refractivity contribution < 1.29 is 13.5 Å². The highest BCUT2D eigenvalue weighted by atomic mass is 79.9. The second-order valence-corrected chi connectivity index (χ2v) is 5.21. The number of methoxy groups -OCH3 is 1. The monoisotopic (exact) mass is 346 g/mol. The van der Waals surface area contributed by atoms with Gasteiger partial charge < -0.3 is 4.74 Å². The Kier molecular flexibility index (Phi) is 4.42. The molecule has 2 aromatic carbocycles. The first-order chi connectivity index (χ1) is 9.02. The molecule has 0 aliphatic rings. The fraction of sp³-hybridized carbons (Fsp3) is 0.143. The van der Waals surface area contributed by atoms with Crippen molar-refractivity contribution in [3.8, 4) is 5.75 Å². The first-order valence-electron chi connectivity index (χ1n) is 5.45. The van der Waals surface area contributed by atoms with E-state index >= 15 is 0 Å². The molecular formula is C14H10BrClF2O. The van der Waals surface area contributed by atoms with E-state index < -0.39 is 11.2 Å². The average Bonchev–Trinajstić information content (AvgIpc) is 2.38. The highest BCUT2D eigenvalue weighted by Gasteiger charge is 2.19. The third-order valence-corrected chi connectivity index (χ3v) is 3.86. The van der Waals surface area contributed by atoms with E-state index in [-0.39, 0.29) is 5.82 Å². The van der Waals surface area contributed by atoms with Gasteiger partial charge in [0, 0.05) is 10.0 Å². The van der Waals surface area contributed by atoms with Gasteiger partial charge in [-0.1, -0.05) is 22.0 Å². The minimum Gasteiger partial charge on any atom is -0.496 e. The van der Waals surface area contributed by atoms with Crippen molar-refractivity contribution in [3.63, 3.8) is 0 Å². The van der Waals surface area contributed by atoms with E-state index in [1.54, 1.807) is 6.07 Å². The van der Waals surface area contributed by atoms with Gasteiger partial charge >= 0.3 is 0 Å². The van der Waals surface area contributed by atoms with Gasteiger partial charge in [-0.15, -0.1) is 11.6 Å². The summed E-state index contributed by atoms with van der Waals surface area (Å²) in [5.74, 6) is -0.289. The topological polar surface area (TPSA) is 9.23 Å². The molecule has 5 heteroatoms. The number of benzene rings is 2. The van der Waals surface area contributed by atoms with Crippen LogP contribution in [-0.4, -0.2) is 7.11 Å². The quantitative estimate of drug-likeness (QED) is 0.705. The third kappa shape index (κ3) is 3.07. The summed E-state index contributed by atoms with van der Waals surface area (Å²) in [6, 6.07) is 8.30. The number of ether oxygens (including phenoxy) is 1. The Bertz CT molecular complexity index is 604. The lowest BCUT2D eigenvalue weighted by molar-refractivity contribution is 0.409. The second-order valence-electron chi connectivity index (χ2n) is 3.91. The summed E-state index contributed by atoms with van der Waals surface area (Å²) in [5, 5.41) is -0.638. The van der Waals surface area contributed by atoms with Crippen LogP contribution in [0.25, 0.3) is 0 Å². The molecule has 0 bridgehead atoms. The zero-order valence-electron chi connectivity index (χ0n) is 9.96. The molecular weight excluding hydrogens is 338 g/mol. The predicted molar refractivity (Wildman–Crippen MR) is 74.7 cm³/mol. The van der Waals surface area contributed by atoms with Crippen LogP contribution in [0.15, 0.2) is 40.9 Å². The molecule has 0 aliphatic carbocycles. The van der Waals surface area contributed by atoms with E-state index in [0.717, 1.165) is 0 Å². The maximum atomic E-state index is 13.3. The maximum Gasteiger partial charge on any atom is 0.124 e. The SMILES string of the molecule is COc1ccc(F)cc1C(Cl)c1ccc(F)cc1Br. The van der Waals surface area contributed by atoms with Gasteiger partial charge in [0.15, 0.2) is 0 Å². The van der Waals surface area contributed by atoms with E-state index in [1.807, 2.05) is 0 Å². The number of rotatable bonds is 3. The molecule has 1 unspecified atom stereocenters. The summed E-state index contributed by atoms with van der Waals surface area (Å²) >= 11 is 9.60. The number of hydrogen-bond donors (Lipinski definition) is 0. The molecule has 0 N–H and O–H groups in total. The van der Waals surface area contributed by atoms with Crippen molar-refractivity contribution in [2.24, 2.45) is 0 Å². The fourth-order valence-electron chi connectivity index (χ4n) is 1.78. The first-order valence-corrected chi connectivity index (χ1v) is 6.68. The van der Waals surface area contributed by atoms with Crippen molar-refractivity contribution in [1.82, 2.24) is 0 Å². The van der Waals surface area contributed by atoms with Crippen molar-refractivity contribution in [3.05, 3.63) is 63.6 Å². The third-order valence-electron chi connectivity index (χ3n) is 2.70. The van der Waals surface area contributed by atoms with Gasteiger partial charge in [-0.2, -0.15) is 0 Å². The number of halogens is 4. The van der Waals surface area contributed by atoms with Gasteiger partial charge in [0.2, 0.25) is 0 Å². The molecule has 2 aromatic rings. The molecule has 0 radical (unpaired) electrons. The Labute approximate surface area is 123 Å². The van der Waals surface area contributed by atoms with Gasteiger partial charge in [0.05, 0.1) is 12.5 Å². The van der Waals surface area contributed by atoms with Crippen LogP contribution in [0.3, 0.4) is 0 Å². The van der Waals surface area contributed by atoms with Crippen molar-refractivity contribution >= 4 is 27.5 Å². The molecule has 0 aliphatic heterocycles. The van der Waals surface area contributed by atoms with E-state index in [4.69, 9.17) is 16.3 Å². The molecule has 0 amide bonds. The van der Waals surface area contributed by atoms with Crippen LogP contribution in [-0.2, 0) is 0 Å². The van der Waals surface area contributed by atoms with Crippen molar-refractivity contribution in [1.29, 1.82) is 0 Å². The minimum atomic E-state index is -0.638. The van der Waals surface area contributed by atoms with Crippen molar-refractivity contribution in [2.45, 2.75) is 5.38 Å². The number of hydrogen-bond acceptors (Lipinski definition) is 1. The van der Waals surface area contributed by atoms with Crippen LogP contribution in [0.4, 0.5) is 8.78 Å². The molecule has 0 aromatic heterocycles. The van der Waals surface area contributed by atoms with Gasteiger partial charge in [-0.3, -0.25) is 0 Å². The van der Waals surface area contributed by atoms with Gasteiger partial charge in [-0.25, -0.2) is 8.78 Å². The van der Waals surface area contributed by atoms with Crippen LogP contribution in [0.2, 0.25) is 0 Å². The molecule has 100 valence electrons. The average molecular weight is 348 g/mol. The van der Waals surface area contributed by atoms with Gasteiger partial charge in [0.1, 0.15) is 17.4 Å². The molecule has 19 heavy (non-hydrogen) atoms. The summed E-state index contributed by atoms with van der Waals surface area (Å²) in [6.45, 7) is 0. The normalized spacial score (nSPS) is 12.3. The van der Waals surface area contributed by atoms with Crippen LogP contribution in [0, 0.1) is 11.6 Å². The predicted octanol–water partition coefficient (Wildman–Crippen LogP) is 5.06. The number of alkyl halides is 1. The minimum absolute atomic E-state index is 0.370. The Morgan fingerprint density at radius 3 is 2.32 bits per heavy atom. The molecule has 1 nitrogen and oxygen atoms in total. The van der Waals surface area contributed by atoms with E-state index in [2.05, 4.69) is 15.9 Å². The Morgan fingerprint density at radius 2 is 1.68 bits per heavy atom. The fourth-order valence-corrected chi connectivity index (χ4v) is 2.85. The molecule has 0 saturated heterocycles. The summed E-state index contributed by atoms with van der Waals surface area (Å²) in [6.07, 6.45) is 0. The molecule has 2 rings (SSSR count). The Balaban J connectivity index is 2.49. The molecule has 0 saturated carbocycles. The largest absolute Gasteiger partial charge is 0.496 e. The van der Waals surface area contributed by atoms with E-state index in [0.29, 0.717) is 21.3 Å². The summed E-state index contributed by atoms with van der Waals surface area (Å²) in [7, 11) is 1.49. The molecule has 0 heterocycles. The lowest BCUT2D eigenvalue weighted by Crippen LogP contribution is -1.99. The summed E-state index contributed by atoms with van der Waals surface area (Å²) in [5.41, 5.74) is 1.14. The molecule has 0 fully saturated rings. The summed E-state index contributed by atoms with van der Waals surface area (Å²) < 4.78 is 32.1. The van der Waals surface area contributed by atoms with E-state index in [9.17, 15) is 8.78 Å². The molecule has 1 atom stereocenters. The molecule has 0 spiro atoms. The van der Waals surface area contributed by atoms with Gasteiger partial charge in [-0.05, 0) is 35.9 Å².